The lowest BCUT2D eigenvalue weighted by molar-refractivity contribution is 0.724. The van der Waals surface area contributed by atoms with Gasteiger partial charge >= 0.3 is 0 Å². The summed E-state index contributed by atoms with van der Waals surface area (Å²) in [5, 5.41) is 3.39. The molecule has 16 heavy (non-hydrogen) atoms. The van der Waals surface area contributed by atoms with Gasteiger partial charge in [-0.1, -0.05) is 0 Å². The van der Waals surface area contributed by atoms with Gasteiger partial charge in [0.15, 0.2) is 0 Å². The molecule has 0 aromatic carbocycles. The fourth-order valence-corrected chi connectivity index (χ4v) is 1.94. The summed E-state index contributed by atoms with van der Waals surface area (Å²) in [6, 6.07) is 0. The molecule has 0 radical (unpaired) electrons. The molecule has 1 aliphatic heterocycles. The van der Waals surface area contributed by atoms with Crippen molar-refractivity contribution in [3.8, 4) is 0 Å². The molecule has 1 saturated heterocycles. The van der Waals surface area contributed by atoms with E-state index in [9.17, 15) is 0 Å². The third-order valence-electron chi connectivity index (χ3n) is 3.24. The number of aromatic nitrogens is 2. The average Bonchev–Trinajstić information content (AvgIpc) is 2.53. The number of nitrogens with zero attached hydrogens (tertiary/aromatic N) is 3. The van der Waals surface area contributed by atoms with E-state index < -0.39 is 0 Å². The summed E-state index contributed by atoms with van der Waals surface area (Å²) in [6.07, 6.45) is 1.16. The quantitative estimate of drug-likeness (QED) is 0.772. The molecule has 0 unspecified atom stereocenters. The molecular weight excluding hydrogens is 200 g/mol. The van der Waals surface area contributed by atoms with Crippen LogP contribution in [-0.2, 0) is 0 Å². The molecule has 1 aliphatic rings. The monoisotopic (exact) mass is 220 g/mol. The van der Waals surface area contributed by atoms with E-state index in [0.717, 1.165) is 49.9 Å². The number of hydrogen-bond acceptors (Lipinski definition) is 4. The molecule has 88 valence electrons. The van der Waals surface area contributed by atoms with E-state index in [1.54, 1.807) is 0 Å². The third-order valence-corrected chi connectivity index (χ3v) is 3.24. The second-order valence-corrected chi connectivity index (χ2v) is 4.41. The molecule has 2 rings (SSSR count). The molecular formula is C12H20N4. The highest BCUT2D eigenvalue weighted by Crippen LogP contribution is 2.15. The summed E-state index contributed by atoms with van der Waals surface area (Å²) in [4.78, 5) is 11.4. The van der Waals surface area contributed by atoms with E-state index in [1.165, 1.54) is 5.56 Å². The van der Waals surface area contributed by atoms with Crippen LogP contribution in [-0.4, -0.2) is 36.1 Å². The van der Waals surface area contributed by atoms with Crippen LogP contribution in [0.4, 0.5) is 5.95 Å². The summed E-state index contributed by atoms with van der Waals surface area (Å²) in [7, 11) is 0. The molecule has 0 bridgehead atoms. The number of hydrogen-bond donors (Lipinski definition) is 1. The van der Waals surface area contributed by atoms with Gasteiger partial charge in [0, 0.05) is 31.0 Å². The smallest absolute Gasteiger partial charge is 0.225 e. The summed E-state index contributed by atoms with van der Waals surface area (Å²) in [6.45, 7) is 10.4. The minimum Gasteiger partial charge on any atom is -0.339 e. The minimum absolute atomic E-state index is 0.893. The Bertz CT molecular complexity index is 344. The van der Waals surface area contributed by atoms with Crippen LogP contribution in [0.3, 0.4) is 0 Å². The first-order valence-corrected chi connectivity index (χ1v) is 5.96. The van der Waals surface area contributed by atoms with Crippen molar-refractivity contribution in [2.75, 3.05) is 31.1 Å². The second kappa shape index (κ2) is 4.78. The Balaban J connectivity index is 2.25. The molecule has 4 nitrogen and oxygen atoms in total. The predicted octanol–water partition coefficient (Wildman–Crippen LogP) is 1.20. The van der Waals surface area contributed by atoms with Gasteiger partial charge in [-0.2, -0.15) is 0 Å². The number of aryl methyl sites for hydroxylation is 2. The van der Waals surface area contributed by atoms with Crippen molar-refractivity contribution >= 4 is 5.95 Å². The van der Waals surface area contributed by atoms with Crippen molar-refractivity contribution in [2.45, 2.75) is 27.2 Å². The first kappa shape index (κ1) is 11.3. The highest BCUT2D eigenvalue weighted by atomic mass is 15.3. The SMILES string of the molecule is Cc1nc(N2CCCNCC2)nc(C)c1C. The maximum absolute atomic E-state index is 4.59. The van der Waals surface area contributed by atoms with Crippen LogP contribution >= 0.6 is 0 Å². The summed E-state index contributed by atoms with van der Waals surface area (Å²) in [5.41, 5.74) is 3.40. The molecule has 0 aliphatic carbocycles. The Kier molecular flexibility index (Phi) is 3.39. The van der Waals surface area contributed by atoms with E-state index in [4.69, 9.17) is 0 Å². The van der Waals surface area contributed by atoms with Gasteiger partial charge in [0.2, 0.25) is 5.95 Å². The van der Waals surface area contributed by atoms with Gasteiger partial charge in [0.25, 0.3) is 0 Å². The van der Waals surface area contributed by atoms with Gasteiger partial charge in [0.05, 0.1) is 0 Å². The molecule has 0 saturated carbocycles. The zero-order chi connectivity index (χ0) is 11.5. The molecule has 1 fully saturated rings. The maximum atomic E-state index is 4.59. The van der Waals surface area contributed by atoms with Crippen molar-refractivity contribution in [3.05, 3.63) is 17.0 Å². The molecule has 0 spiro atoms. The molecule has 1 aromatic rings. The van der Waals surface area contributed by atoms with Crippen LogP contribution in [0.1, 0.15) is 23.4 Å². The van der Waals surface area contributed by atoms with Gasteiger partial charge in [0.1, 0.15) is 0 Å². The molecule has 4 heteroatoms. The minimum atomic E-state index is 0.893. The Labute approximate surface area is 97.1 Å². The number of anilines is 1. The third kappa shape index (κ3) is 2.32. The highest BCUT2D eigenvalue weighted by molar-refractivity contribution is 5.36. The molecule has 0 amide bonds. The standard InChI is InChI=1S/C12H20N4/c1-9-10(2)14-12(15-11(9)3)16-7-4-5-13-6-8-16/h13H,4-8H2,1-3H3. The molecule has 1 N–H and O–H groups in total. The van der Waals surface area contributed by atoms with E-state index in [0.29, 0.717) is 0 Å². The van der Waals surface area contributed by atoms with Crippen molar-refractivity contribution in [3.63, 3.8) is 0 Å². The van der Waals surface area contributed by atoms with E-state index in [-0.39, 0.29) is 0 Å². The van der Waals surface area contributed by atoms with Crippen molar-refractivity contribution in [1.82, 2.24) is 15.3 Å². The van der Waals surface area contributed by atoms with Crippen molar-refractivity contribution in [1.29, 1.82) is 0 Å². The van der Waals surface area contributed by atoms with E-state index in [2.05, 4.69) is 41.0 Å². The summed E-state index contributed by atoms with van der Waals surface area (Å²) < 4.78 is 0. The zero-order valence-corrected chi connectivity index (χ0v) is 10.4. The van der Waals surface area contributed by atoms with Crippen LogP contribution in [0.2, 0.25) is 0 Å². The Morgan fingerprint density at radius 3 is 2.38 bits per heavy atom. The van der Waals surface area contributed by atoms with Gasteiger partial charge in [-0.15, -0.1) is 0 Å². The van der Waals surface area contributed by atoms with Crippen LogP contribution < -0.4 is 10.2 Å². The predicted molar refractivity (Wildman–Crippen MR) is 65.9 cm³/mol. The van der Waals surface area contributed by atoms with Gasteiger partial charge in [-0.3, -0.25) is 0 Å². The lowest BCUT2D eigenvalue weighted by atomic mass is 10.2. The van der Waals surface area contributed by atoms with Crippen LogP contribution in [0.25, 0.3) is 0 Å². The van der Waals surface area contributed by atoms with Crippen LogP contribution in [0.5, 0.6) is 0 Å². The lowest BCUT2D eigenvalue weighted by Crippen LogP contribution is -2.29. The highest BCUT2D eigenvalue weighted by Gasteiger charge is 2.13. The van der Waals surface area contributed by atoms with Gasteiger partial charge < -0.3 is 10.2 Å². The van der Waals surface area contributed by atoms with Crippen LogP contribution in [0, 0.1) is 20.8 Å². The van der Waals surface area contributed by atoms with Crippen molar-refractivity contribution in [2.24, 2.45) is 0 Å². The summed E-state index contributed by atoms with van der Waals surface area (Å²) >= 11 is 0. The van der Waals surface area contributed by atoms with E-state index >= 15 is 0 Å². The Morgan fingerprint density at radius 2 is 1.69 bits per heavy atom. The van der Waals surface area contributed by atoms with E-state index in [1.807, 2.05) is 0 Å². The fraction of sp³-hybridized carbons (Fsp3) is 0.667. The fourth-order valence-electron chi connectivity index (χ4n) is 1.94. The normalized spacial score (nSPS) is 17.3. The average molecular weight is 220 g/mol. The number of nitrogens with one attached hydrogen (secondary N) is 1. The molecule has 2 heterocycles. The van der Waals surface area contributed by atoms with Gasteiger partial charge in [-0.25, -0.2) is 9.97 Å². The topological polar surface area (TPSA) is 41.1 Å². The summed E-state index contributed by atoms with van der Waals surface area (Å²) in [5.74, 6) is 0.893. The van der Waals surface area contributed by atoms with Crippen LogP contribution in [0.15, 0.2) is 0 Å². The first-order valence-electron chi connectivity index (χ1n) is 5.96. The Hall–Kier alpha value is -1.16. The Morgan fingerprint density at radius 1 is 1.00 bits per heavy atom. The first-order chi connectivity index (χ1) is 7.68. The maximum Gasteiger partial charge on any atom is 0.225 e. The molecule has 1 aromatic heterocycles. The van der Waals surface area contributed by atoms with Gasteiger partial charge in [-0.05, 0) is 39.3 Å². The van der Waals surface area contributed by atoms with Crippen molar-refractivity contribution < 1.29 is 0 Å². The lowest BCUT2D eigenvalue weighted by Gasteiger charge is -2.21. The second-order valence-electron chi connectivity index (χ2n) is 4.41. The largest absolute Gasteiger partial charge is 0.339 e. The molecule has 0 atom stereocenters. The zero-order valence-electron chi connectivity index (χ0n) is 10.4. The number of rotatable bonds is 1.